The molecule has 0 aliphatic carbocycles. The van der Waals surface area contributed by atoms with Crippen molar-refractivity contribution in [2.75, 3.05) is 24.2 Å². The lowest BCUT2D eigenvalue weighted by atomic mass is 10.3. The van der Waals surface area contributed by atoms with Gasteiger partial charge in [0.05, 0.1) is 12.7 Å². The molecule has 0 unspecified atom stereocenters. The fourth-order valence-electron chi connectivity index (χ4n) is 1.68. The number of nitrogens with zero attached hydrogens (tertiary/aromatic N) is 5. The van der Waals surface area contributed by atoms with Crippen molar-refractivity contribution in [3.8, 4) is 0 Å². The molecule has 7 nitrogen and oxygen atoms in total. The monoisotopic (exact) mass is 247 g/mol. The number of nitrogens with one attached hydrogen (secondary N) is 2. The molecule has 2 N–H and O–H groups in total. The van der Waals surface area contributed by atoms with Gasteiger partial charge in [0, 0.05) is 25.4 Å². The Hall–Kier alpha value is -2.18. The average molecular weight is 247 g/mol. The third-order valence-electron chi connectivity index (χ3n) is 2.60. The van der Waals surface area contributed by atoms with Crippen LogP contribution >= 0.6 is 0 Å². The largest absolute Gasteiger partial charge is 0.373 e. The first kappa shape index (κ1) is 12.3. The molecule has 0 saturated carbocycles. The molecule has 0 aliphatic rings. The van der Waals surface area contributed by atoms with E-state index in [2.05, 4.69) is 30.9 Å². The zero-order valence-electron chi connectivity index (χ0n) is 10.8. The average Bonchev–Trinajstić information content (AvgIpc) is 2.86. The minimum atomic E-state index is 0.740. The van der Waals surface area contributed by atoms with E-state index in [4.69, 9.17) is 0 Å². The lowest BCUT2D eigenvalue weighted by molar-refractivity contribution is 0.608. The molecule has 0 aliphatic heterocycles. The molecule has 2 heterocycles. The first-order valence-electron chi connectivity index (χ1n) is 5.81. The zero-order chi connectivity index (χ0) is 13.0. The predicted molar refractivity (Wildman–Crippen MR) is 69.6 cm³/mol. The maximum Gasteiger partial charge on any atom is 0.134 e. The highest BCUT2D eigenvalue weighted by molar-refractivity contribution is 5.56. The van der Waals surface area contributed by atoms with Crippen LogP contribution in [0.1, 0.15) is 11.4 Å². The first-order chi connectivity index (χ1) is 8.70. The van der Waals surface area contributed by atoms with Gasteiger partial charge in [0.25, 0.3) is 0 Å². The summed E-state index contributed by atoms with van der Waals surface area (Å²) in [5.74, 6) is 2.45. The summed E-state index contributed by atoms with van der Waals surface area (Å²) in [5.41, 5.74) is 1.02. The zero-order valence-corrected chi connectivity index (χ0v) is 10.8. The predicted octanol–water partition coefficient (Wildman–Crippen LogP) is 0.839. The number of rotatable bonds is 5. The second-order valence-electron chi connectivity index (χ2n) is 3.94. The van der Waals surface area contributed by atoms with Crippen LogP contribution in [-0.4, -0.2) is 38.6 Å². The summed E-state index contributed by atoms with van der Waals surface area (Å²) < 4.78 is 1.77. The highest BCUT2D eigenvalue weighted by atomic mass is 15.4. The SMILES string of the molecule is CNc1nc(C)nc(NCCn2ccnn2)c1C. The van der Waals surface area contributed by atoms with Crippen molar-refractivity contribution < 1.29 is 0 Å². The molecule has 96 valence electrons. The maximum absolute atomic E-state index is 4.39. The van der Waals surface area contributed by atoms with Crippen LogP contribution < -0.4 is 10.6 Å². The topological polar surface area (TPSA) is 80.5 Å². The van der Waals surface area contributed by atoms with Gasteiger partial charge in [0.1, 0.15) is 17.5 Å². The summed E-state index contributed by atoms with van der Waals surface area (Å²) in [6, 6.07) is 0. The van der Waals surface area contributed by atoms with Gasteiger partial charge in [0.2, 0.25) is 0 Å². The molecule has 0 spiro atoms. The lowest BCUT2D eigenvalue weighted by Gasteiger charge is -2.12. The summed E-state index contributed by atoms with van der Waals surface area (Å²) in [7, 11) is 1.86. The molecule has 2 aromatic rings. The number of aromatic nitrogens is 5. The second kappa shape index (κ2) is 5.44. The van der Waals surface area contributed by atoms with E-state index in [9.17, 15) is 0 Å². The van der Waals surface area contributed by atoms with Gasteiger partial charge < -0.3 is 10.6 Å². The Balaban J connectivity index is 2.02. The molecule has 0 amide bonds. The second-order valence-corrected chi connectivity index (χ2v) is 3.94. The molecule has 0 saturated heterocycles. The van der Waals surface area contributed by atoms with E-state index in [1.54, 1.807) is 10.9 Å². The normalized spacial score (nSPS) is 10.4. The van der Waals surface area contributed by atoms with Crippen molar-refractivity contribution in [2.45, 2.75) is 20.4 Å². The van der Waals surface area contributed by atoms with Crippen LogP contribution in [0.3, 0.4) is 0 Å². The number of anilines is 2. The van der Waals surface area contributed by atoms with Crippen molar-refractivity contribution in [3.63, 3.8) is 0 Å². The first-order valence-corrected chi connectivity index (χ1v) is 5.81. The smallest absolute Gasteiger partial charge is 0.134 e. The molecule has 0 bridgehead atoms. The lowest BCUT2D eigenvalue weighted by Crippen LogP contribution is -2.14. The summed E-state index contributed by atoms with van der Waals surface area (Å²) in [6.45, 7) is 5.35. The van der Waals surface area contributed by atoms with E-state index in [1.165, 1.54) is 0 Å². The highest BCUT2D eigenvalue weighted by Gasteiger charge is 2.07. The fourth-order valence-corrected chi connectivity index (χ4v) is 1.68. The minimum absolute atomic E-state index is 0.740. The summed E-state index contributed by atoms with van der Waals surface area (Å²) in [5, 5.41) is 14.0. The van der Waals surface area contributed by atoms with Crippen LogP contribution in [-0.2, 0) is 6.54 Å². The molecule has 0 radical (unpaired) electrons. The van der Waals surface area contributed by atoms with Crippen molar-refractivity contribution in [2.24, 2.45) is 0 Å². The molecular weight excluding hydrogens is 230 g/mol. The third kappa shape index (κ3) is 2.73. The molecule has 7 heteroatoms. The van der Waals surface area contributed by atoms with Gasteiger partial charge in [-0.3, -0.25) is 4.68 Å². The summed E-state index contributed by atoms with van der Waals surface area (Å²) in [6.07, 6.45) is 3.50. The minimum Gasteiger partial charge on any atom is -0.373 e. The summed E-state index contributed by atoms with van der Waals surface area (Å²) in [4.78, 5) is 8.71. The Morgan fingerprint density at radius 1 is 1.22 bits per heavy atom. The van der Waals surface area contributed by atoms with Crippen molar-refractivity contribution in [3.05, 3.63) is 23.8 Å². The van der Waals surface area contributed by atoms with Crippen molar-refractivity contribution in [1.82, 2.24) is 25.0 Å². The number of hydrogen-bond donors (Lipinski definition) is 2. The molecule has 2 rings (SSSR count). The molecule has 2 aromatic heterocycles. The summed E-state index contributed by atoms with van der Waals surface area (Å²) >= 11 is 0. The Morgan fingerprint density at radius 3 is 2.67 bits per heavy atom. The van der Waals surface area contributed by atoms with Crippen molar-refractivity contribution >= 4 is 11.6 Å². The van der Waals surface area contributed by atoms with Gasteiger partial charge in [0.15, 0.2) is 0 Å². The third-order valence-corrected chi connectivity index (χ3v) is 2.60. The van der Waals surface area contributed by atoms with Crippen LogP contribution in [0.5, 0.6) is 0 Å². The van der Waals surface area contributed by atoms with Crippen LogP contribution in [0, 0.1) is 13.8 Å². The van der Waals surface area contributed by atoms with Crippen LogP contribution in [0.4, 0.5) is 11.6 Å². The van der Waals surface area contributed by atoms with E-state index in [-0.39, 0.29) is 0 Å². The van der Waals surface area contributed by atoms with Crippen LogP contribution in [0.25, 0.3) is 0 Å². The Morgan fingerprint density at radius 2 is 2.00 bits per heavy atom. The van der Waals surface area contributed by atoms with E-state index in [0.29, 0.717) is 0 Å². The van der Waals surface area contributed by atoms with Gasteiger partial charge in [-0.25, -0.2) is 9.97 Å². The standard InChI is InChI=1S/C11H17N7/c1-8-10(12-3)15-9(2)16-11(8)13-4-6-18-7-5-14-17-18/h5,7H,4,6H2,1-3H3,(H2,12,13,15,16). The van der Waals surface area contributed by atoms with Gasteiger partial charge in [-0.1, -0.05) is 5.21 Å². The maximum atomic E-state index is 4.39. The molecule has 0 atom stereocenters. The van der Waals surface area contributed by atoms with Gasteiger partial charge in [-0.05, 0) is 13.8 Å². The Bertz CT molecular complexity index is 506. The fraction of sp³-hybridized carbons (Fsp3) is 0.455. The number of hydrogen-bond acceptors (Lipinski definition) is 6. The molecule has 0 fully saturated rings. The molecule has 18 heavy (non-hydrogen) atoms. The van der Waals surface area contributed by atoms with E-state index >= 15 is 0 Å². The van der Waals surface area contributed by atoms with E-state index in [0.717, 1.165) is 36.1 Å². The van der Waals surface area contributed by atoms with Crippen LogP contribution in [0.2, 0.25) is 0 Å². The number of aryl methyl sites for hydroxylation is 1. The van der Waals surface area contributed by atoms with E-state index in [1.807, 2.05) is 27.1 Å². The highest BCUT2D eigenvalue weighted by Crippen LogP contribution is 2.18. The molecule has 0 aromatic carbocycles. The Kier molecular flexibility index (Phi) is 3.71. The van der Waals surface area contributed by atoms with Gasteiger partial charge >= 0.3 is 0 Å². The Labute approximate surface area is 106 Å². The van der Waals surface area contributed by atoms with Gasteiger partial charge in [-0.2, -0.15) is 0 Å². The quantitative estimate of drug-likeness (QED) is 0.815. The van der Waals surface area contributed by atoms with Crippen LogP contribution in [0.15, 0.2) is 12.4 Å². The van der Waals surface area contributed by atoms with Crippen molar-refractivity contribution in [1.29, 1.82) is 0 Å². The molecular formula is C11H17N7. The van der Waals surface area contributed by atoms with Gasteiger partial charge in [-0.15, -0.1) is 5.10 Å². The van der Waals surface area contributed by atoms with E-state index < -0.39 is 0 Å².